The average Bonchev–Trinajstić information content (AvgIpc) is 2.49. The number of ether oxygens (including phenoxy) is 1. The molecule has 132 valence electrons. The Labute approximate surface area is 264 Å². The van der Waals surface area contributed by atoms with Crippen molar-refractivity contribution in [3.63, 3.8) is 0 Å². The molecule has 6 unspecified atom stereocenters. The molecule has 1 saturated heterocycles. The van der Waals surface area contributed by atoms with Gasteiger partial charge in [-0.15, -0.1) is 0 Å². The third-order valence-electron chi connectivity index (χ3n) is 2.15. The van der Waals surface area contributed by atoms with Gasteiger partial charge in [-0.3, -0.25) is 18.0 Å². The molecule has 6 atom stereocenters. The zero-order valence-electron chi connectivity index (χ0n) is 15.2. The molecular weight excluding hydrogens is 492 g/mol. The second-order valence-corrected chi connectivity index (χ2v) is 7.72. The quantitative estimate of drug-likeness (QED) is 0.217. The van der Waals surface area contributed by atoms with Crippen molar-refractivity contribution in [2.75, 3.05) is 6.61 Å². The van der Waals surface area contributed by atoms with Crippen LogP contribution in [0.4, 0.5) is 0 Å². The van der Waals surface area contributed by atoms with Gasteiger partial charge in [0.05, 0.1) is 14.4 Å². The molecule has 0 spiro atoms. The molecule has 0 amide bonds. The van der Waals surface area contributed by atoms with E-state index in [1.807, 2.05) is 0 Å². The molecule has 0 aromatic heterocycles. The van der Waals surface area contributed by atoms with Crippen molar-refractivity contribution in [3.05, 3.63) is 0 Å². The smallest absolute Gasteiger partial charge is 0.790 e. The van der Waals surface area contributed by atoms with Gasteiger partial charge in [-0.25, -0.2) is 0 Å². The summed E-state index contributed by atoms with van der Waals surface area (Å²) in [7, 11) is -16.9. The van der Waals surface area contributed by atoms with Gasteiger partial charge in [-0.05, 0) is 0 Å². The fourth-order valence-corrected chi connectivity index (χ4v) is 3.27. The maximum absolute atomic E-state index is 11.1. The van der Waals surface area contributed by atoms with E-state index in [-0.39, 0.29) is 148 Å². The van der Waals surface area contributed by atoms with Crippen LogP contribution in [0.5, 0.6) is 0 Å². The number of hydrogen-bond donors (Lipinski definition) is 3. The molecule has 1 rings (SSSR count). The van der Waals surface area contributed by atoms with E-state index >= 15 is 0 Å². The Bertz CT molecular complexity index is 539. The summed E-state index contributed by atoms with van der Waals surface area (Å²) < 4.78 is 47.1. The Morgan fingerprint density at radius 3 is 1.70 bits per heavy atom. The molecule has 0 radical (unpaired) electrons. The molecule has 1 heterocycles. The number of phosphoric acid groups is 3. The molecule has 0 aromatic carbocycles. The van der Waals surface area contributed by atoms with E-state index in [9.17, 15) is 43.5 Å². The number of phosphoric ester groups is 2. The van der Waals surface area contributed by atoms with E-state index in [1.165, 1.54) is 0 Å². The van der Waals surface area contributed by atoms with Gasteiger partial charge in [-0.1, -0.05) is 0 Å². The van der Waals surface area contributed by atoms with Crippen LogP contribution in [0, 0.1) is 0 Å². The maximum Gasteiger partial charge on any atom is 1.00 e. The van der Waals surface area contributed by atoms with E-state index in [2.05, 4.69) is 18.1 Å². The van der Waals surface area contributed by atoms with Gasteiger partial charge in [0.2, 0.25) is 0 Å². The van der Waals surface area contributed by atoms with Crippen molar-refractivity contribution < 1.29 is 214 Å². The Morgan fingerprint density at radius 1 is 0.889 bits per heavy atom. The Hall–Kier alpha value is 5.25. The van der Waals surface area contributed by atoms with Crippen LogP contribution in [-0.4, -0.2) is 46.3 Å². The van der Waals surface area contributed by atoms with Crippen LogP contribution in [0.2, 0.25) is 0 Å². The molecule has 0 saturated carbocycles. The first kappa shape index (κ1) is 42.4. The summed E-state index contributed by atoms with van der Waals surface area (Å²) in [5.41, 5.74) is 0. The predicted octanol–water partition coefficient (Wildman–Crippen LogP) is -19.7. The molecule has 3 N–H and O–H groups in total. The van der Waals surface area contributed by atoms with Gasteiger partial charge >= 0.3 is 148 Å². The van der Waals surface area contributed by atoms with Crippen molar-refractivity contribution in [1.29, 1.82) is 0 Å². The molecule has 14 nitrogen and oxygen atoms in total. The third-order valence-corrected chi connectivity index (χ3v) is 4.69. The van der Waals surface area contributed by atoms with Crippen LogP contribution < -0.4 is 167 Å². The van der Waals surface area contributed by atoms with Gasteiger partial charge in [-0.2, -0.15) is 0 Å². The molecule has 27 heavy (non-hydrogen) atoms. The Balaban J connectivity index is -0.000000323. The standard InChI is InChI=1S/C5H13O14P3.5Na/c6-3-2(1-16-20(8,9)10)17-5(4(3)7)18-22(14,15)19-21(11,12)13;;;;;/h2-7H,1H2,(H,14,15)(H2,8,9,10)(H2,11,12,13);;;;;/q;5*+1/p-4. The molecular formula is C5H9Na5O14P3+. The Morgan fingerprint density at radius 2 is 1.33 bits per heavy atom. The summed E-state index contributed by atoms with van der Waals surface area (Å²) in [5.74, 6) is 0. The summed E-state index contributed by atoms with van der Waals surface area (Å²) >= 11 is 0. The van der Waals surface area contributed by atoms with Crippen LogP contribution in [0.25, 0.3) is 0 Å². The van der Waals surface area contributed by atoms with E-state index in [0.717, 1.165) is 0 Å². The second-order valence-electron chi connectivity index (χ2n) is 3.87. The Kier molecular flexibility index (Phi) is 27.7. The first-order chi connectivity index (χ1) is 9.70. The number of rotatable bonds is 7. The van der Waals surface area contributed by atoms with Crippen LogP contribution in [0.3, 0.4) is 0 Å². The van der Waals surface area contributed by atoms with E-state index in [1.54, 1.807) is 0 Å². The zero-order chi connectivity index (χ0) is 17.3. The summed E-state index contributed by atoms with van der Waals surface area (Å²) in [6.45, 7) is -1.01. The minimum atomic E-state index is -5.97. The average molecular weight is 501 g/mol. The van der Waals surface area contributed by atoms with E-state index in [0.29, 0.717) is 0 Å². The van der Waals surface area contributed by atoms with Gasteiger partial charge in [0.15, 0.2) is 6.29 Å². The minimum Gasteiger partial charge on any atom is -0.790 e. The van der Waals surface area contributed by atoms with Gasteiger partial charge in [0.25, 0.3) is 15.6 Å². The molecule has 1 aliphatic heterocycles. The van der Waals surface area contributed by atoms with Gasteiger partial charge < -0.3 is 48.5 Å². The number of hydrogen-bond acceptors (Lipinski definition) is 13. The van der Waals surface area contributed by atoms with Gasteiger partial charge in [0.1, 0.15) is 18.3 Å². The molecule has 22 heteroatoms. The molecule has 1 aliphatic rings. The van der Waals surface area contributed by atoms with E-state index < -0.39 is 54.7 Å². The first-order valence-electron chi connectivity index (χ1n) is 5.13. The predicted molar refractivity (Wildman–Crippen MR) is 53.8 cm³/mol. The van der Waals surface area contributed by atoms with Crippen molar-refractivity contribution in [1.82, 2.24) is 0 Å². The van der Waals surface area contributed by atoms with Crippen LogP contribution >= 0.6 is 23.5 Å². The summed E-state index contributed by atoms with van der Waals surface area (Å²) in [4.78, 5) is 50.1. The number of aliphatic hydroxyl groups excluding tert-OH is 2. The van der Waals surface area contributed by atoms with Crippen molar-refractivity contribution >= 4 is 23.5 Å². The second kappa shape index (κ2) is 17.7. The molecule has 0 aliphatic carbocycles. The van der Waals surface area contributed by atoms with Crippen molar-refractivity contribution in [3.8, 4) is 0 Å². The fourth-order valence-electron chi connectivity index (χ4n) is 1.38. The van der Waals surface area contributed by atoms with E-state index in [4.69, 9.17) is 4.89 Å². The fraction of sp³-hybridized carbons (Fsp3) is 1.00. The normalized spacial score (nSPS) is 28.6. The molecule has 0 aromatic rings. The van der Waals surface area contributed by atoms with Crippen molar-refractivity contribution in [2.45, 2.75) is 24.6 Å². The van der Waals surface area contributed by atoms with Crippen LogP contribution in [-0.2, 0) is 31.8 Å². The SMILES string of the molecule is O=P([O-])([O-])OP(=O)([O-])OC1OC(COP(=O)([O-])O)C(O)C1O.[Na+].[Na+].[Na+].[Na+].[Na+]. The topological polar surface area (TPSA) is 241 Å². The largest absolute Gasteiger partial charge is 1.00 e. The number of aliphatic hydroxyl groups is 2. The third kappa shape index (κ3) is 18.3. The van der Waals surface area contributed by atoms with Gasteiger partial charge in [0, 0.05) is 0 Å². The first-order valence-corrected chi connectivity index (χ1v) is 9.55. The summed E-state index contributed by atoms with van der Waals surface area (Å²) in [6.07, 6.45) is -7.85. The molecule has 0 bridgehead atoms. The van der Waals surface area contributed by atoms with Crippen LogP contribution in [0.15, 0.2) is 0 Å². The minimum absolute atomic E-state index is 0. The summed E-state index contributed by atoms with van der Waals surface area (Å²) in [5, 5.41) is 18.8. The monoisotopic (exact) mass is 501 g/mol. The maximum atomic E-state index is 11.1. The van der Waals surface area contributed by atoms with Crippen LogP contribution in [0.1, 0.15) is 0 Å². The molecule has 1 fully saturated rings. The zero-order valence-corrected chi connectivity index (χ0v) is 27.9. The van der Waals surface area contributed by atoms with Crippen molar-refractivity contribution in [2.24, 2.45) is 0 Å². The summed E-state index contributed by atoms with van der Waals surface area (Å²) in [6, 6.07) is 0.